The molecule has 4 heteroatoms. The summed E-state index contributed by atoms with van der Waals surface area (Å²) in [5, 5.41) is 9.40. The van der Waals surface area contributed by atoms with E-state index >= 15 is 0 Å². The highest BCUT2D eigenvalue weighted by Crippen LogP contribution is 2.19. The Balaban J connectivity index is 2.24. The van der Waals surface area contributed by atoms with Crippen molar-refractivity contribution in [3.05, 3.63) is 29.3 Å². The molecule has 1 aliphatic heterocycles. The minimum absolute atomic E-state index is 0.0404. The van der Waals surface area contributed by atoms with E-state index in [1.807, 2.05) is 6.92 Å². The average Bonchev–Trinajstić information content (AvgIpc) is 2.68. The Kier molecular flexibility index (Phi) is 2.83. The predicted molar refractivity (Wildman–Crippen MR) is 62.1 cm³/mol. The second kappa shape index (κ2) is 4.14. The van der Waals surface area contributed by atoms with Gasteiger partial charge in [-0.25, -0.2) is 0 Å². The molecule has 1 fully saturated rings. The lowest BCUT2D eigenvalue weighted by Gasteiger charge is -2.17. The molecule has 0 aromatic heterocycles. The highest BCUT2D eigenvalue weighted by atomic mass is 16.3. The normalized spacial score (nSPS) is 20.1. The predicted octanol–water partition coefficient (Wildman–Crippen LogP) is 0.784. The number of amides is 1. The maximum absolute atomic E-state index is 12.1. The summed E-state index contributed by atoms with van der Waals surface area (Å²) in [6, 6.07) is 5.34. The zero-order valence-electron chi connectivity index (χ0n) is 9.31. The third kappa shape index (κ3) is 1.88. The molecule has 3 N–H and O–H groups in total. The maximum atomic E-state index is 12.1. The number of nitrogens with zero attached hydrogens (tertiary/aromatic N) is 1. The number of benzene rings is 1. The van der Waals surface area contributed by atoms with Gasteiger partial charge in [0.2, 0.25) is 0 Å². The Morgan fingerprint density at radius 3 is 2.94 bits per heavy atom. The largest absolute Gasteiger partial charge is 0.398 e. The zero-order chi connectivity index (χ0) is 11.7. The maximum Gasteiger partial charge on any atom is 0.254 e. The molecule has 0 bridgehead atoms. The van der Waals surface area contributed by atoms with Gasteiger partial charge in [0.1, 0.15) is 0 Å². The van der Waals surface area contributed by atoms with Crippen LogP contribution in [0.2, 0.25) is 0 Å². The lowest BCUT2D eigenvalue weighted by atomic mass is 10.1. The molecule has 1 aromatic carbocycles. The quantitative estimate of drug-likeness (QED) is 0.687. The molecule has 16 heavy (non-hydrogen) atoms. The first-order chi connectivity index (χ1) is 7.59. The van der Waals surface area contributed by atoms with Gasteiger partial charge in [0.05, 0.1) is 6.10 Å². The van der Waals surface area contributed by atoms with E-state index in [4.69, 9.17) is 5.73 Å². The van der Waals surface area contributed by atoms with Crippen molar-refractivity contribution in [1.82, 2.24) is 4.90 Å². The fraction of sp³-hybridized carbons (Fsp3) is 0.417. The van der Waals surface area contributed by atoms with E-state index in [-0.39, 0.29) is 12.0 Å². The van der Waals surface area contributed by atoms with Gasteiger partial charge < -0.3 is 15.7 Å². The molecular weight excluding hydrogens is 204 g/mol. The van der Waals surface area contributed by atoms with Crippen molar-refractivity contribution in [1.29, 1.82) is 0 Å². The Hall–Kier alpha value is -1.55. The van der Waals surface area contributed by atoms with Gasteiger partial charge in [-0.15, -0.1) is 0 Å². The Morgan fingerprint density at radius 2 is 2.31 bits per heavy atom. The Bertz CT molecular complexity index is 417. The standard InChI is InChI=1S/C12H16N2O2/c1-8-10(3-2-4-11(8)13)12(16)14-6-5-9(15)7-14/h2-4,9,15H,5-7,13H2,1H3. The van der Waals surface area contributed by atoms with Crippen LogP contribution in [0.5, 0.6) is 0 Å². The molecule has 1 unspecified atom stereocenters. The number of aliphatic hydroxyl groups is 1. The van der Waals surface area contributed by atoms with Gasteiger partial charge in [0.15, 0.2) is 0 Å². The lowest BCUT2D eigenvalue weighted by Crippen LogP contribution is -2.30. The first-order valence-electron chi connectivity index (χ1n) is 5.42. The van der Waals surface area contributed by atoms with Crippen LogP contribution >= 0.6 is 0 Å². The second-order valence-electron chi connectivity index (χ2n) is 4.21. The molecule has 86 valence electrons. The van der Waals surface area contributed by atoms with E-state index in [2.05, 4.69) is 0 Å². The van der Waals surface area contributed by atoms with Gasteiger partial charge >= 0.3 is 0 Å². The van der Waals surface area contributed by atoms with Crippen LogP contribution in [0, 0.1) is 6.92 Å². The van der Waals surface area contributed by atoms with Crippen molar-refractivity contribution in [3.63, 3.8) is 0 Å². The Labute approximate surface area is 94.7 Å². The molecule has 1 heterocycles. The highest BCUT2D eigenvalue weighted by molar-refractivity contribution is 5.97. The van der Waals surface area contributed by atoms with E-state index in [0.29, 0.717) is 30.8 Å². The number of anilines is 1. The number of hydrogen-bond acceptors (Lipinski definition) is 3. The van der Waals surface area contributed by atoms with Crippen molar-refractivity contribution in [2.24, 2.45) is 0 Å². The summed E-state index contributed by atoms with van der Waals surface area (Å²) < 4.78 is 0. The van der Waals surface area contributed by atoms with Gasteiger partial charge in [-0.1, -0.05) is 6.07 Å². The summed E-state index contributed by atoms with van der Waals surface area (Å²) in [7, 11) is 0. The van der Waals surface area contributed by atoms with E-state index in [1.54, 1.807) is 23.1 Å². The molecule has 0 spiro atoms. The summed E-state index contributed by atoms with van der Waals surface area (Å²) in [6.45, 7) is 2.89. The fourth-order valence-corrected chi connectivity index (χ4v) is 1.98. The third-order valence-corrected chi connectivity index (χ3v) is 3.06. The van der Waals surface area contributed by atoms with E-state index in [9.17, 15) is 9.90 Å². The van der Waals surface area contributed by atoms with Gasteiger partial charge in [-0.05, 0) is 31.0 Å². The van der Waals surface area contributed by atoms with Crippen molar-refractivity contribution >= 4 is 11.6 Å². The number of aliphatic hydroxyl groups excluding tert-OH is 1. The number of nitrogen functional groups attached to an aromatic ring is 1. The minimum atomic E-state index is -0.384. The van der Waals surface area contributed by atoms with Crippen LogP contribution in [-0.4, -0.2) is 35.1 Å². The van der Waals surface area contributed by atoms with Crippen molar-refractivity contribution in [2.45, 2.75) is 19.4 Å². The number of rotatable bonds is 1. The molecule has 1 aromatic rings. The second-order valence-corrected chi connectivity index (χ2v) is 4.21. The SMILES string of the molecule is Cc1c(N)cccc1C(=O)N1CCC(O)C1. The zero-order valence-corrected chi connectivity index (χ0v) is 9.31. The summed E-state index contributed by atoms with van der Waals surface area (Å²) >= 11 is 0. The van der Waals surface area contributed by atoms with Gasteiger partial charge in [-0.3, -0.25) is 4.79 Å². The molecule has 1 saturated heterocycles. The van der Waals surface area contributed by atoms with Crippen LogP contribution in [0.4, 0.5) is 5.69 Å². The molecule has 2 rings (SSSR count). The molecule has 1 atom stereocenters. The van der Waals surface area contributed by atoms with Gasteiger partial charge in [0.25, 0.3) is 5.91 Å². The van der Waals surface area contributed by atoms with Crippen LogP contribution in [-0.2, 0) is 0 Å². The monoisotopic (exact) mass is 220 g/mol. The van der Waals surface area contributed by atoms with Gasteiger partial charge in [0, 0.05) is 24.3 Å². The van der Waals surface area contributed by atoms with E-state index in [1.165, 1.54) is 0 Å². The first-order valence-corrected chi connectivity index (χ1v) is 5.42. The Morgan fingerprint density at radius 1 is 1.56 bits per heavy atom. The van der Waals surface area contributed by atoms with Crippen LogP contribution in [0.25, 0.3) is 0 Å². The van der Waals surface area contributed by atoms with Crippen LogP contribution in [0.3, 0.4) is 0 Å². The van der Waals surface area contributed by atoms with E-state index in [0.717, 1.165) is 5.56 Å². The minimum Gasteiger partial charge on any atom is -0.398 e. The van der Waals surface area contributed by atoms with Crippen molar-refractivity contribution in [3.8, 4) is 0 Å². The number of β-amino-alcohol motifs (C(OH)–C–C–N with tert-alkyl or cyclic N) is 1. The first kappa shape index (κ1) is 11.0. The number of hydrogen-bond donors (Lipinski definition) is 2. The summed E-state index contributed by atoms with van der Waals surface area (Å²) in [4.78, 5) is 13.8. The van der Waals surface area contributed by atoms with Gasteiger partial charge in [-0.2, -0.15) is 0 Å². The molecule has 1 amide bonds. The number of likely N-dealkylation sites (tertiary alicyclic amines) is 1. The van der Waals surface area contributed by atoms with E-state index < -0.39 is 0 Å². The molecular formula is C12H16N2O2. The molecule has 4 nitrogen and oxygen atoms in total. The third-order valence-electron chi connectivity index (χ3n) is 3.06. The summed E-state index contributed by atoms with van der Waals surface area (Å²) in [5.74, 6) is -0.0404. The van der Waals surface area contributed by atoms with Crippen molar-refractivity contribution < 1.29 is 9.90 Å². The molecule has 0 aliphatic carbocycles. The summed E-state index contributed by atoms with van der Waals surface area (Å²) in [5.41, 5.74) is 7.84. The fourth-order valence-electron chi connectivity index (χ4n) is 1.98. The molecule has 0 saturated carbocycles. The van der Waals surface area contributed by atoms with Crippen molar-refractivity contribution in [2.75, 3.05) is 18.8 Å². The number of nitrogens with two attached hydrogens (primary N) is 1. The topological polar surface area (TPSA) is 66.6 Å². The lowest BCUT2D eigenvalue weighted by molar-refractivity contribution is 0.0764. The molecule has 0 radical (unpaired) electrons. The average molecular weight is 220 g/mol. The number of carbonyl (C=O) groups is 1. The number of carbonyl (C=O) groups excluding carboxylic acids is 1. The molecule has 1 aliphatic rings. The van der Waals surface area contributed by atoms with Crippen LogP contribution < -0.4 is 5.73 Å². The smallest absolute Gasteiger partial charge is 0.254 e. The highest BCUT2D eigenvalue weighted by Gasteiger charge is 2.26. The van der Waals surface area contributed by atoms with Crippen LogP contribution in [0.1, 0.15) is 22.3 Å². The van der Waals surface area contributed by atoms with Crippen LogP contribution in [0.15, 0.2) is 18.2 Å². The summed E-state index contributed by atoms with van der Waals surface area (Å²) in [6.07, 6.45) is 0.276.